The first-order chi connectivity index (χ1) is 10.3. The molecular formula is C18H20N2O. The third kappa shape index (κ3) is 2.92. The number of nitrogens with zero attached hydrogens (tertiary/aromatic N) is 1. The maximum atomic E-state index is 11.4. The number of primary amides is 1. The van der Waals surface area contributed by atoms with Crippen LogP contribution in [-0.4, -0.2) is 12.5 Å². The van der Waals surface area contributed by atoms with Gasteiger partial charge in [0.05, 0.1) is 6.04 Å². The van der Waals surface area contributed by atoms with Crippen LogP contribution in [0, 0.1) is 5.92 Å². The van der Waals surface area contributed by atoms with Crippen LogP contribution in [0.15, 0.2) is 60.7 Å². The molecule has 1 fully saturated rings. The molecule has 21 heavy (non-hydrogen) atoms. The summed E-state index contributed by atoms with van der Waals surface area (Å²) in [6.45, 7) is 0.960. The molecule has 2 unspecified atom stereocenters. The lowest BCUT2D eigenvalue weighted by Gasteiger charge is -2.30. The first kappa shape index (κ1) is 13.7. The molecule has 2 aromatic carbocycles. The summed E-state index contributed by atoms with van der Waals surface area (Å²) in [4.78, 5) is 13.8. The predicted octanol–water partition coefficient (Wildman–Crippen LogP) is 3.13. The second kappa shape index (κ2) is 6.00. The Kier molecular flexibility index (Phi) is 3.91. The van der Waals surface area contributed by atoms with Crippen LogP contribution < -0.4 is 10.6 Å². The summed E-state index contributed by atoms with van der Waals surface area (Å²) >= 11 is 0. The maximum Gasteiger partial charge on any atom is 0.217 e. The molecule has 1 saturated heterocycles. The van der Waals surface area contributed by atoms with Crippen LogP contribution >= 0.6 is 0 Å². The Bertz CT molecular complexity index is 597. The van der Waals surface area contributed by atoms with E-state index in [0.29, 0.717) is 6.42 Å². The topological polar surface area (TPSA) is 46.3 Å². The zero-order chi connectivity index (χ0) is 14.7. The van der Waals surface area contributed by atoms with Crippen LogP contribution in [0.5, 0.6) is 0 Å². The molecule has 0 spiro atoms. The highest BCUT2D eigenvalue weighted by atomic mass is 16.1. The van der Waals surface area contributed by atoms with Crippen molar-refractivity contribution in [2.75, 3.05) is 11.4 Å². The van der Waals surface area contributed by atoms with Gasteiger partial charge in [-0.3, -0.25) is 4.79 Å². The third-order valence-corrected chi connectivity index (χ3v) is 4.22. The highest BCUT2D eigenvalue weighted by molar-refractivity contribution is 5.74. The second-order valence-corrected chi connectivity index (χ2v) is 5.60. The molecule has 3 nitrogen and oxygen atoms in total. The average Bonchev–Trinajstić information content (AvgIpc) is 2.92. The molecule has 0 aromatic heterocycles. The summed E-state index contributed by atoms with van der Waals surface area (Å²) in [5, 5.41) is 0. The summed E-state index contributed by atoms with van der Waals surface area (Å²) < 4.78 is 0. The van der Waals surface area contributed by atoms with Gasteiger partial charge in [0.2, 0.25) is 5.91 Å². The summed E-state index contributed by atoms with van der Waals surface area (Å²) in [7, 11) is 0. The van der Waals surface area contributed by atoms with Crippen molar-refractivity contribution in [3.63, 3.8) is 0 Å². The summed E-state index contributed by atoms with van der Waals surface area (Å²) in [5.41, 5.74) is 7.90. The quantitative estimate of drug-likeness (QED) is 0.935. The molecule has 1 aliphatic heterocycles. The normalized spacial score (nSPS) is 21.4. The van der Waals surface area contributed by atoms with Crippen molar-refractivity contribution in [3.8, 4) is 0 Å². The third-order valence-electron chi connectivity index (χ3n) is 4.22. The van der Waals surface area contributed by atoms with Crippen LogP contribution in [0.2, 0.25) is 0 Å². The van der Waals surface area contributed by atoms with Gasteiger partial charge >= 0.3 is 0 Å². The Morgan fingerprint density at radius 2 is 1.67 bits per heavy atom. The van der Waals surface area contributed by atoms with E-state index in [4.69, 9.17) is 5.73 Å². The van der Waals surface area contributed by atoms with Crippen molar-refractivity contribution in [1.82, 2.24) is 0 Å². The van der Waals surface area contributed by atoms with Crippen LogP contribution in [0.25, 0.3) is 0 Å². The Morgan fingerprint density at radius 3 is 2.29 bits per heavy atom. The van der Waals surface area contributed by atoms with Crippen LogP contribution in [-0.2, 0) is 4.79 Å². The molecule has 0 bridgehead atoms. The number of hydrogen-bond acceptors (Lipinski definition) is 2. The number of nitrogens with two attached hydrogens (primary N) is 1. The molecule has 1 heterocycles. The second-order valence-electron chi connectivity index (χ2n) is 5.60. The van der Waals surface area contributed by atoms with Crippen LogP contribution in [0.3, 0.4) is 0 Å². The zero-order valence-electron chi connectivity index (χ0n) is 12.0. The standard InChI is InChI=1S/C18H20N2O/c19-17(21)13-15-11-12-20(16-9-5-2-6-10-16)18(15)14-7-3-1-4-8-14/h1-10,15,18H,11-13H2,(H2,19,21). The number of amides is 1. The highest BCUT2D eigenvalue weighted by Gasteiger charge is 2.35. The molecule has 2 atom stereocenters. The van der Waals surface area contributed by atoms with Crippen LogP contribution in [0.1, 0.15) is 24.4 Å². The molecular weight excluding hydrogens is 260 g/mol. The number of carbonyl (C=O) groups excluding carboxylic acids is 1. The number of carbonyl (C=O) groups is 1. The first-order valence-electron chi connectivity index (χ1n) is 7.40. The number of rotatable bonds is 4. The van der Waals surface area contributed by atoms with Gasteiger partial charge in [-0.2, -0.15) is 0 Å². The van der Waals surface area contributed by atoms with Gasteiger partial charge in [0.15, 0.2) is 0 Å². The van der Waals surface area contributed by atoms with Gasteiger partial charge in [-0.05, 0) is 30.0 Å². The fourth-order valence-corrected chi connectivity index (χ4v) is 3.34. The number of anilines is 1. The SMILES string of the molecule is NC(=O)CC1CCN(c2ccccc2)C1c1ccccc1. The number of benzene rings is 2. The molecule has 2 N–H and O–H groups in total. The minimum Gasteiger partial charge on any atom is -0.370 e. The zero-order valence-corrected chi connectivity index (χ0v) is 12.0. The fourth-order valence-electron chi connectivity index (χ4n) is 3.34. The molecule has 0 aliphatic carbocycles. The monoisotopic (exact) mass is 280 g/mol. The van der Waals surface area contributed by atoms with E-state index in [1.165, 1.54) is 11.3 Å². The van der Waals surface area contributed by atoms with E-state index in [2.05, 4.69) is 53.4 Å². The van der Waals surface area contributed by atoms with E-state index in [1.54, 1.807) is 0 Å². The van der Waals surface area contributed by atoms with E-state index >= 15 is 0 Å². The van der Waals surface area contributed by atoms with Gasteiger partial charge in [-0.25, -0.2) is 0 Å². The Labute approximate surface area is 125 Å². The molecule has 3 rings (SSSR count). The van der Waals surface area contributed by atoms with E-state index in [-0.39, 0.29) is 17.9 Å². The summed E-state index contributed by atoms with van der Waals surface area (Å²) in [6.07, 6.45) is 1.44. The molecule has 108 valence electrons. The smallest absolute Gasteiger partial charge is 0.217 e. The number of para-hydroxylation sites is 1. The first-order valence-corrected chi connectivity index (χ1v) is 7.40. The molecule has 0 radical (unpaired) electrons. The minimum atomic E-state index is -0.212. The fraction of sp³-hybridized carbons (Fsp3) is 0.278. The van der Waals surface area contributed by atoms with Crippen molar-refractivity contribution < 1.29 is 4.79 Å². The average molecular weight is 280 g/mol. The van der Waals surface area contributed by atoms with Crippen LogP contribution in [0.4, 0.5) is 5.69 Å². The predicted molar refractivity (Wildman–Crippen MR) is 84.9 cm³/mol. The lowest BCUT2D eigenvalue weighted by molar-refractivity contribution is -0.118. The highest BCUT2D eigenvalue weighted by Crippen LogP contribution is 2.41. The maximum absolute atomic E-state index is 11.4. The van der Waals surface area contributed by atoms with Crippen molar-refractivity contribution in [3.05, 3.63) is 66.2 Å². The molecule has 1 amide bonds. The molecule has 2 aromatic rings. The Morgan fingerprint density at radius 1 is 1.05 bits per heavy atom. The number of hydrogen-bond donors (Lipinski definition) is 1. The minimum absolute atomic E-state index is 0.212. The summed E-state index contributed by atoms with van der Waals surface area (Å²) in [5.74, 6) is 0.0703. The Balaban J connectivity index is 1.95. The van der Waals surface area contributed by atoms with Crippen molar-refractivity contribution >= 4 is 11.6 Å². The van der Waals surface area contributed by atoms with Gasteiger partial charge in [0.1, 0.15) is 0 Å². The molecule has 1 aliphatic rings. The van der Waals surface area contributed by atoms with Crippen molar-refractivity contribution in [1.29, 1.82) is 0 Å². The lowest BCUT2D eigenvalue weighted by Crippen LogP contribution is -2.27. The molecule has 0 saturated carbocycles. The molecule has 3 heteroatoms. The summed E-state index contributed by atoms with van der Waals surface area (Å²) in [6, 6.07) is 21.0. The lowest BCUT2D eigenvalue weighted by atomic mass is 9.90. The van der Waals surface area contributed by atoms with Gasteiger partial charge in [0, 0.05) is 18.7 Å². The largest absolute Gasteiger partial charge is 0.370 e. The van der Waals surface area contributed by atoms with E-state index in [1.807, 2.05) is 12.1 Å². The van der Waals surface area contributed by atoms with E-state index < -0.39 is 0 Å². The van der Waals surface area contributed by atoms with E-state index in [9.17, 15) is 4.79 Å². The van der Waals surface area contributed by atoms with Gasteiger partial charge in [-0.1, -0.05) is 48.5 Å². The van der Waals surface area contributed by atoms with E-state index in [0.717, 1.165) is 13.0 Å². The van der Waals surface area contributed by atoms with Gasteiger partial charge in [-0.15, -0.1) is 0 Å². The van der Waals surface area contributed by atoms with Gasteiger partial charge in [0.25, 0.3) is 0 Å². The van der Waals surface area contributed by atoms with Crippen molar-refractivity contribution in [2.45, 2.75) is 18.9 Å². The Hall–Kier alpha value is -2.29. The van der Waals surface area contributed by atoms with Gasteiger partial charge < -0.3 is 10.6 Å². The van der Waals surface area contributed by atoms with Crippen molar-refractivity contribution in [2.24, 2.45) is 11.7 Å².